The van der Waals surface area contributed by atoms with E-state index in [0.29, 0.717) is 32.1 Å². The second kappa shape index (κ2) is 12.1. The number of alkyl halides is 3. The normalized spacial score (nSPS) is 37.5. The number of carbonyl (C=O) groups excluding carboxylic acids is 4. The number of Topliss-reactive ketones (excluding diaryl/α,β-unsaturated/α-hetero) is 2. The van der Waals surface area contributed by atoms with Gasteiger partial charge in [-0.2, -0.15) is 17.2 Å². The van der Waals surface area contributed by atoms with Gasteiger partial charge in [-0.15, -0.1) is 0 Å². The maximum Gasteiger partial charge on any atom is 0.400 e. The summed E-state index contributed by atoms with van der Waals surface area (Å²) in [6.07, 6.45) is -0.458. The second-order valence-electron chi connectivity index (χ2n) is 13.8. The van der Waals surface area contributed by atoms with Crippen molar-refractivity contribution in [2.75, 3.05) is 6.61 Å². The average molecular weight is 637 g/mol. The fourth-order valence-corrected chi connectivity index (χ4v) is 9.67. The van der Waals surface area contributed by atoms with E-state index in [2.05, 4.69) is 13.8 Å². The van der Waals surface area contributed by atoms with Crippen molar-refractivity contribution in [3.05, 3.63) is 0 Å². The Morgan fingerprint density at radius 2 is 1.79 bits per heavy atom. The highest BCUT2D eigenvalue weighted by molar-refractivity contribution is 7.86. The van der Waals surface area contributed by atoms with Gasteiger partial charge in [-0.05, 0) is 67.1 Å². The number of halogens is 3. The largest absolute Gasteiger partial charge is 0.466 e. The van der Waals surface area contributed by atoms with E-state index >= 15 is 0 Å². The van der Waals surface area contributed by atoms with Crippen LogP contribution < -0.4 is 0 Å². The minimum absolute atomic E-state index is 0.00101. The molecule has 4 aliphatic carbocycles. The fourth-order valence-electron chi connectivity index (χ4n) is 9.23. The average Bonchev–Trinajstić information content (AvgIpc) is 3.26. The zero-order chi connectivity index (χ0) is 32.1. The van der Waals surface area contributed by atoms with E-state index in [4.69, 9.17) is 14.0 Å². The van der Waals surface area contributed by atoms with E-state index in [0.717, 1.165) is 19.3 Å². The van der Waals surface area contributed by atoms with Crippen molar-refractivity contribution in [1.29, 1.82) is 0 Å². The lowest BCUT2D eigenvalue weighted by Gasteiger charge is -2.61. The summed E-state index contributed by atoms with van der Waals surface area (Å²) >= 11 is 0. The number of esters is 2. The lowest BCUT2D eigenvalue weighted by Crippen LogP contribution is -2.61. The van der Waals surface area contributed by atoms with Gasteiger partial charge in [0.15, 0.2) is 6.17 Å². The first kappa shape index (κ1) is 33.9. The molecular weight excluding hydrogens is 593 g/mol. The first-order valence-corrected chi connectivity index (χ1v) is 16.6. The van der Waals surface area contributed by atoms with Crippen molar-refractivity contribution in [3.63, 3.8) is 0 Å². The Hall–Kier alpha value is -2.02. The Bertz CT molecular complexity index is 1240. The summed E-state index contributed by atoms with van der Waals surface area (Å²) in [5.74, 6) is -1.06. The third kappa shape index (κ3) is 6.13. The van der Waals surface area contributed by atoms with E-state index < -0.39 is 58.0 Å². The second-order valence-corrected chi connectivity index (χ2v) is 15.3. The molecule has 0 aromatic carbocycles. The summed E-state index contributed by atoms with van der Waals surface area (Å²) in [6, 6.07) is 0. The molecule has 10 atom stereocenters. The number of carbonyl (C=O) groups is 4. The fraction of sp³-hybridized carbons (Fsp3) is 0.867. The highest BCUT2D eigenvalue weighted by atomic mass is 32.2. The van der Waals surface area contributed by atoms with Crippen LogP contribution in [0.25, 0.3) is 0 Å². The standard InChI is InChI=1S/C30H43F3O9S/c1-16(5-8-26(37)41-12-10-24(31)30(32,33)43(38,39)40)20-6-7-21-27-22(15-25(29(20,21)4)42-17(2)34)28(3)11-9-19(35)13-18(28)14-23(27)36/h16,18,20-22,24-25,27H,5-15H2,1-4H3,(H,38,39,40). The molecule has 0 spiro atoms. The van der Waals surface area contributed by atoms with Crippen LogP contribution in [0.15, 0.2) is 0 Å². The summed E-state index contributed by atoms with van der Waals surface area (Å²) in [7, 11) is -5.95. The molecular formula is C30H43F3O9S. The number of hydrogen-bond acceptors (Lipinski definition) is 8. The summed E-state index contributed by atoms with van der Waals surface area (Å²) in [5.41, 5.74) is -0.716. The monoisotopic (exact) mass is 636 g/mol. The maximum atomic E-state index is 13.7. The van der Waals surface area contributed by atoms with Crippen molar-refractivity contribution >= 4 is 33.6 Å². The number of ketones is 2. The molecule has 1 N–H and O–H groups in total. The molecule has 10 unspecified atom stereocenters. The number of rotatable bonds is 10. The molecule has 0 aliphatic heterocycles. The van der Waals surface area contributed by atoms with Gasteiger partial charge < -0.3 is 9.47 Å². The zero-order valence-corrected chi connectivity index (χ0v) is 26.0. The predicted octanol–water partition coefficient (Wildman–Crippen LogP) is 5.10. The Morgan fingerprint density at radius 3 is 2.42 bits per heavy atom. The highest BCUT2D eigenvalue weighted by Gasteiger charge is 2.67. The SMILES string of the molecule is CC(=O)OC1CC2C(C(=O)CC3CC(=O)CCC32C)C2CCC(C(C)CCC(=O)OCCC(F)C(F)(F)S(=O)(=O)O)C12C. The van der Waals surface area contributed by atoms with Crippen molar-refractivity contribution < 1.29 is 54.8 Å². The molecule has 4 rings (SSSR count). The van der Waals surface area contributed by atoms with Gasteiger partial charge in [0.1, 0.15) is 17.7 Å². The predicted molar refractivity (Wildman–Crippen MR) is 147 cm³/mol. The van der Waals surface area contributed by atoms with Crippen LogP contribution in [0.3, 0.4) is 0 Å². The highest BCUT2D eigenvalue weighted by Crippen LogP contribution is 2.68. The molecule has 0 bridgehead atoms. The minimum atomic E-state index is -5.95. The number of hydrogen-bond donors (Lipinski definition) is 1. The lowest BCUT2D eigenvalue weighted by molar-refractivity contribution is -0.193. The van der Waals surface area contributed by atoms with Gasteiger partial charge in [-0.3, -0.25) is 23.7 Å². The van der Waals surface area contributed by atoms with Crippen molar-refractivity contribution in [1.82, 2.24) is 0 Å². The van der Waals surface area contributed by atoms with Crippen molar-refractivity contribution in [2.45, 2.75) is 109 Å². The van der Waals surface area contributed by atoms with E-state index in [1.807, 2.05) is 6.92 Å². The van der Waals surface area contributed by atoms with Crippen LogP contribution in [-0.4, -0.2) is 60.6 Å². The molecule has 0 heterocycles. The molecule has 13 heteroatoms. The van der Waals surface area contributed by atoms with Gasteiger partial charge in [0.25, 0.3) is 0 Å². The topological polar surface area (TPSA) is 141 Å². The van der Waals surface area contributed by atoms with Crippen molar-refractivity contribution in [3.8, 4) is 0 Å². The van der Waals surface area contributed by atoms with Crippen LogP contribution in [-0.2, 0) is 38.8 Å². The third-order valence-electron chi connectivity index (χ3n) is 11.6. The molecule has 0 radical (unpaired) electrons. The van der Waals surface area contributed by atoms with Crippen LogP contribution in [0, 0.1) is 46.3 Å². The maximum absolute atomic E-state index is 13.7. The summed E-state index contributed by atoms with van der Waals surface area (Å²) in [4.78, 5) is 50.6. The summed E-state index contributed by atoms with van der Waals surface area (Å²) in [6.45, 7) is 6.83. The number of fused-ring (bicyclic) bond motifs is 5. The summed E-state index contributed by atoms with van der Waals surface area (Å²) < 4.78 is 81.2. The molecule has 4 saturated carbocycles. The smallest absolute Gasteiger partial charge is 0.400 e. The van der Waals surface area contributed by atoms with Crippen LogP contribution >= 0.6 is 0 Å². The van der Waals surface area contributed by atoms with Gasteiger partial charge in [-0.1, -0.05) is 20.8 Å². The van der Waals surface area contributed by atoms with Gasteiger partial charge in [-0.25, -0.2) is 4.39 Å². The lowest BCUT2D eigenvalue weighted by atomic mass is 9.43. The Kier molecular flexibility index (Phi) is 9.50. The van der Waals surface area contributed by atoms with E-state index in [1.165, 1.54) is 6.92 Å². The van der Waals surface area contributed by atoms with Crippen molar-refractivity contribution in [2.24, 2.45) is 46.3 Å². The van der Waals surface area contributed by atoms with Crippen LogP contribution in [0.4, 0.5) is 13.2 Å². The molecule has 244 valence electrons. The van der Waals surface area contributed by atoms with E-state index in [9.17, 15) is 40.8 Å². The van der Waals surface area contributed by atoms with Crippen LogP contribution in [0.2, 0.25) is 0 Å². The van der Waals surface area contributed by atoms with Gasteiger partial charge in [0.2, 0.25) is 0 Å². The Morgan fingerprint density at radius 1 is 1.12 bits per heavy atom. The van der Waals surface area contributed by atoms with Crippen LogP contribution in [0.5, 0.6) is 0 Å². The molecule has 0 amide bonds. The first-order chi connectivity index (χ1) is 19.8. The Balaban J connectivity index is 1.44. The Labute approximate surface area is 250 Å². The van der Waals surface area contributed by atoms with Gasteiger partial charge in [0, 0.05) is 50.4 Å². The molecule has 43 heavy (non-hydrogen) atoms. The molecule has 0 aromatic rings. The molecule has 4 fully saturated rings. The molecule has 0 saturated heterocycles. The van der Waals surface area contributed by atoms with Crippen LogP contribution in [0.1, 0.15) is 91.9 Å². The molecule has 0 aromatic heterocycles. The third-order valence-corrected chi connectivity index (χ3v) is 12.5. The molecule has 4 aliphatic rings. The van der Waals surface area contributed by atoms with Gasteiger partial charge >= 0.3 is 27.3 Å². The van der Waals surface area contributed by atoms with E-state index in [-0.39, 0.29) is 58.9 Å². The molecule has 9 nitrogen and oxygen atoms in total. The zero-order valence-electron chi connectivity index (χ0n) is 25.2. The summed E-state index contributed by atoms with van der Waals surface area (Å²) in [5, 5.41) is -5.01. The quantitative estimate of drug-likeness (QED) is 0.256. The number of ether oxygens (including phenoxy) is 2. The van der Waals surface area contributed by atoms with Gasteiger partial charge in [0.05, 0.1) is 6.61 Å². The minimum Gasteiger partial charge on any atom is -0.466 e. The first-order valence-electron chi connectivity index (χ1n) is 15.2. The van der Waals surface area contributed by atoms with E-state index in [1.54, 1.807) is 0 Å².